The maximum absolute atomic E-state index is 12.2. The van der Waals surface area contributed by atoms with Crippen LogP contribution in [0.15, 0.2) is 54.6 Å². The zero-order chi connectivity index (χ0) is 19.6. The number of hydrogen-bond donors (Lipinski definition) is 2. The van der Waals surface area contributed by atoms with E-state index in [0.717, 1.165) is 36.4 Å². The smallest absolute Gasteiger partial charge is 0.137 e. The fourth-order valence-corrected chi connectivity index (χ4v) is 4.27. The molecular formula is C25H32N2O. The van der Waals surface area contributed by atoms with Crippen LogP contribution in [0.1, 0.15) is 55.2 Å². The van der Waals surface area contributed by atoms with Gasteiger partial charge in [0.2, 0.25) is 0 Å². The fraction of sp³-hybridized carbons (Fsp3) is 0.440. The Hall–Kier alpha value is -2.26. The van der Waals surface area contributed by atoms with Crippen molar-refractivity contribution in [3.8, 4) is 0 Å². The van der Waals surface area contributed by atoms with Gasteiger partial charge < -0.3 is 10.7 Å². The molecule has 0 amide bonds. The van der Waals surface area contributed by atoms with Crippen LogP contribution in [0.25, 0.3) is 0 Å². The number of Topliss-reactive ketones (excluding diaryl/α,β-unsaturated/α-hetero) is 1. The standard InChI is InChI=1S/C25H32N2O/c26-19-23-10-6-9-21(16-23)18-25(28)12-5-4-11-24-17-22(13-14-27-24)15-20-7-2-1-3-8-20/h1-3,6-10,16,19,22,24,26-27H,4-5,11-15,17-18H2/t22-,24-/m0/s1. The van der Waals surface area contributed by atoms with Crippen LogP contribution in [0, 0.1) is 11.3 Å². The molecule has 0 spiro atoms. The number of piperidine rings is 1. The summed E-state index contributed by atoms with van der Waals surface area (Å²) in [6, 6.07) is 19.1. The molecule has 0 aliphatic carbocycles. The van der Waals surface area contributed by atoms with Gasteiger partial charge in [0.05, 0.1) is 0 Å². The summed E-state index contributed by atoms with van der Waals surface area (Å²) >= 11 is 0. The normalized spacial score (nSPS) is 19.3. The lowest BCUT2D eigenvalue weighted by Crippen LogP contribution is -2.38. The predicted octanol–water partition coefficient (Wildman–Crippen LogP) is 4.97. The highest BCUT2D eigenvalue weighted by atomic mass is 16.1. The molecule has 0 saturated carbocycles. The van der Waals surface area contributed by atoms with Gasteiger partial charge in [0.1, 0.15) is 5.78 Å². The number of rotatable bonds is 10. The zero-order valence-corrected chi connectivity index (χ0v) is 16.7. The van der Waals surface area contributed by atoms with E-state index in [2.05, 4.69) is 35.6 Å². The molecule has 0 aromatic heterocycles. The van der Waals surface area contributed by atoms with Crippen molar-refractivity contribution in [2.24, 2.45) is 5.92 Å². The van der Waals surface area contributed by atoms with Crippen molar-refractivity contribution in [1.82, 2.24) is 5.32 Å². The summed E-state index contributed by atoms with van der Waals surface area (Å²) in [5.41, 5.74) is 3.33. The Bertz CT molecular complexity index is 756. The summed E-state index contributed by atoms with van der Waals surface area (Å²) in [5.74, 6) is 1.08. The number of carbonyl (C=O) groups is 1. The van der Waals surface area contributed by atoms with Crippen molar-refractivity contribution in [1.29, 1.82) is 5.41 Å². The Balaban J connectivity index is 1.34. The average molecular weight is 377 g/mol. The fourth-order valence-electron chi connectivity index (χ4n) is 4.27. The molecule has 1 fully saturated rings. The van der Waals surface area contributed by atoms with Crippen molar-refractivity contribution in [3.05, 3.63) is 71.3 Å². The first-order valence-electron chi connectivity index (χ1n) is 10.6. The summed E-state index contributed by atoms with van der Waals surface area (Å²) in [6.45, 7) is 1.12. The first-order valence-corrected chi connectivity index (χ1v) is 10.6. The maximum atomic E-state index is 12.2. The second-order valence-corrected chi connectivity index (χ2v) is 8.08. The summed E-state index contributed by atoms with van der Waals surface area (Å²) in [6.07, 6.45) is 9.44. The highest BCUT2D eigenvalue weighted by Crippen LogP contribution is 2.23. The van der Waals surface area contributed by atoms with Gasteiger partial charge in [0, 0.05) is 25.1 Å². The number of hydrogen-bond acceptors (Lipinski definition) is 3. The molecule has 2 N–H and O–H groups in total. The molecule has 0 radical (unpaired) electrons. The van der Waals surface area contributed by atoms with Crippen molar-refractivity contribution in [2.45, 2.75) is 57.4 Å². The van der Waals surface area contributed by atoms with Crippen LogP contribution >= 0.6 is 0 Å². The van der Waals surface area contributed by atoms with E-state index in [1.165, 1.54) is 37.5 Å². The summed E-state index contributed by atoms with van der Waals surface area (Å²) in [4.78, 5) is 12.2. The first-order chi connectivity index (χ1) is 13.7. The minimum Gasteiger partial charge on any atom is -0.314 e. The van der Waals surface area contributed by atoms with Crippen molar-refractivity contribution < 1.29 is 4.79 Å². The van der Waals surface area contributed by atoms with Crippen molar-refractivity contribution in [2.75, 3.05) is 6.54 Å². The molecule has 1 aliphatic heterocycles. The van der Waals surface area contributed by atoms with Gasteiger partial charge in [-0.1, -0.05) is 55.0 Å². The molecule has 3 nitrogen and oxygen atoms in total. The van der Waals surface area contributed by atoms with E-state index in [1.54, 1.807) is 0 Å². The van der Waals surface area contributed by atoms with Crippen LogP contribution in [0.5, 0.6) is 0 Å². The van der Waals surface area contributed by atoms with E-state index in [4.69, 9.17) is 5.41 Å². The predicted molar refractivity (Wildman–Crippen MR) is 116 cm³/mol. The summed E-state index contributed by atoms with van der Waals surface area (Å²) in [7, 11) is 0. The van der Waals surface area contributed by atoms with E-state index in [-0.39, 0.29) is 0 Å². The van der Waals surface area contributed by atoms with Crippen molar-refractivity contribution >= 4 is 12.0 Å². The summed E-state index contributed by atoms with van der Waals surface area (Å²) in [5, 5.41) is 11.0. The average Bonchev–Trinajstić information content (AvgIpc) is 2.72. The van der Waals surface area contributed by atoms with Crippen LogP contribution in [0.4, 0.5) is 0 Å². The van der Waals surface area contributed by atoms with Gasteiger partial charge in [0.25, 0.3) is 0 Å². The number of nitrogens with one attached hydrogen (secondary N) is 2. The van der Waals surface area contributed by atoms with Gasteiger partial charge >= 0.3 is 0 Å². The Labute approximate surface area is 169 Å². The van der Waals surface area contributed by atoms with E-state index in [9.17, 15) is 4.79 Å². The molecule has 3 heteroatoms. The van der Waals surface area contributed by atoms with Gasteiger partial charge in [-0.05, 0) is 67.3 Å². The van der Waals surface area contributed by atoms with E-state index >= 15 is 0 Å². The number of carbonyl (C=O) groups excluding carboxylic acids is 1. The molecule has 1 saturated heterocycles. The molecule has 148 valence electrons. The third kappa shape index (κ3) is 6.72. The highest BCUT2D eigenvalue weighted by molar-refractivity contribution is 5.82. The van der Waals surface area contributed by atoms with Crippen LogP contribution in [0.3, 0.4) is 0 Å². The van der Waals surface area contributed by atoms with Crippen LogP contribution in [-0.2, 0) is 17.6 Å². The second-order valence-electron chi connectivity index (χ2n) is 8.08. The molecule has 0 bridgehead atoms. The van der Waals surface area contributed by atoms with Crippen LogP contribution in [-0.4, -0.2) is 24.6 Å². The lowest BCUT2D eigenvalue weighted by molar-refractivity contribution is -0.118. The number of ketones is 1. The monoisotopic (exact) mass is 376 g/mol. The first kappa shape index (κ1) is 20.5. The molecule has 1 heterocycles. The largest absolute Gasteiger partial charge is 0.314 e. The molecule has 28 heavy (non-hydrogen) atoms. The number of benzene rings is 2. The molecule has 2 atom stereocenters. The second kappa shape index (κ2) is 10.9. The van der Waals surface area contributed by atoms with Gasteiger partial charge in [-0.15, -0.1) is 0 Å². The minimum absolute atomic E-state index is 0.306. The Morgan fingerprint density at radius 1 is 1.07 bits per heavy atom. The summed E-state index contributed by atoms with van der Waals surface area (Å²) < 4.78 is 0. The molecule has 2 aromatic rings. The minimum atomic E-state index is 0.306. The lowest BCUT2D eigenvalue weighted by Gasteiger charge is -2.30. The van der Waals surface area contributed by atoms with E-state index < -0.39 is 0 Å². The maximum Gasteiger partial charge on any atom is 0.137 e. The van der Waals surface area contributed by atoms with Gasteiger partial charge in [-0.25, -0.2) is 0 Å². The van der Waals surface area contributed by atoms with E-state index in [0.29, 0.717) is 24.7 Å². The Morgan fingerprint density at radius 2 is 1.89 bits per heavy atom. The van der Waals surface area contributed by atoms with Crippen LogP contribution < -0.4 is 5.32 Å². The SMILES string of the molecule is N=Cc1cccc(CC(=O)CCCC[C@H]2C[C@H](Cc3ccccc3)CCN2)c1. The Morgan fingerprint density at radius 3 is 2.71 bits per heavy atom. The van der Waals surface area contributed by atoms with Gasteiger partial charge in [-0.3, -0.25) is 4.79 Å². The third-order valence-electron chi connectivity index (χ3n) is 5.75. The quantitative estimate of drug-likeness (QED) is 0.454. The Kier molecular flexibility index (Phi) is 7.98. The zero-order valence-electron chi connectivity index (χ0n) is 16.7. The van der Waals surface area contributed by atoms with Gasteiger partial charge in [0.15, 0.2) is 0 Å². The topological polar surface area (TPSA) is 53.0 Å². The molecular weight excluding hydrogens is 344 g/mol. The van der Waals surface area contributed by atoms with Crippen LogP contribution in [0.2, 0.25) is 0 Å². The van der Waals surface area contributed by atoms with Gasteiger partial charge in [-0.2, -0.15) is 0 Å². The molecule has 0 unspecified atom stereocenters. The molecule has 3 rings (SSSR count). The van der Waals surface area contributed by atoms with E-state index in [1.807, 2.05) is 24.3 Å². The third-order valence-corrected chi connectivity index (χ3v) is 5.75. The number of unbranched alkanes of at least 4 members (excludes halogenated alkanes) is 1. The molecule has 1 aliphatic rings. The lowest BCUT2D eigenvalue weighted by atomic mass is 9.85. The van der Waals surface area contributed by atoms with Crippen molar-refractivity contribution in [3.63, 3.8) is 0 Å². The highest BCUT2D eigenvalue weighted by Gasteiger charge is 2.21. The molecule has 2 aromatic carbocycles.